The summed E-state index contributed by atoms with van der Waals surface area (Å²) in [7, 11) is 1.44. The van der Waals surface area contributed by atoms with Crippen molar-refractivity contribution in [1.82, 2.24) is 0 Å². The number of aliphatic carboxylic acids is 1. The fourth-order valence-corrected chi connectivity index (χ4v) is 4.93. The Bertz CT molecular complexity index is 1380. The Morgan fingerprint density at radius 2 is 1.72 bits per heavy atom. The van der Waals surface area contributed by atoms with Crippen LogP contribution >= 0.6 is 0 Å². The van der Waals surface area contributed by atoms with E-state index in [2.05, 4.69) is 0 Å². The first kappa shape index (κ1) is 24.2. The van der Waals surface area contributed by atoms with Gasteiger partial charge in [0, 0.05) is 16.5 Å². The molecule has 1 saturated heterocycles. The number of methoxy groups -OCH3 is 1. The van der Waals surface area contributed by atoms with E-state index in [0.717, 1.165) is 5.56 Å². The van der Waals surface area contributed by atoms with Gasteiger partial charge in [-0.1, -0.05) is 30.3 Å². The molecule has 0 saturated carbocycles. The van der Waals surface area contributed by atoms with Gasteiger partial charge in [0.1, 0.15) is 35.9 Å². The molecule has 1 aliphatic carbocycles. The zero-order chi connectivity index (χ0) is 25.9. The monoisotopic (exact) mass is 496 g/mol. The van der Waals surface area contributed by atoms with Crippen molar-refractivity contribution in [3.05, 3.63) is 70.3 Å². The average Bonchev–Trinajstić information content (AvgIpc) is 2.86. The number of rotatable bonds is 4. The highest BCUT2D eigenvalue weighted by atomic mass is 16.7. The van der Waals surface area contributed by atoms with Gasteiger partial charge < -0.3 is 39.7 Å². The maximum Gasteiger partial charge on any atom is 0.335 e. The van der Waals surface area contributed by atoms with Crippen LogP contribution in [0.25, 0.3) is 10.8 Å². The number of aliphatic hydroxyl groups is 4. The lowest BCUT2D eigenvalue weighted by molar-refractivity contribution is -0.270. The summed E-state index contributed by atoms with van der Waals surface area (Å²) in [6.07, 6.45) is -10.2. The number of hydrogen-bond donors (Lipinski definition) is 5. The lowest BCUT2D eigenvalue weighted by atomic mass is 9.80. The smallest absolute Gasteiger partial charge is 0.335 e. The number of carbonyl (C=O) groups is 2. The van der Waals surface area contributed by atoms with Gasteiger partial charge in [-0.05, 0) is 35.6 Å². The molecule has 0 aromatic heterocycles. The first-order chi connectivity index (χ1) is 17.1. The van der Waals surface area contributed by atoms with E-state index >= 15 is 0 Å². The van der Waals surface area contributed by atoms with Crippen molar-refractivity contribution in [2.75, 3.05) is 7.11 Å². The highest BCUT2D eigenvalue weighted by Crippen LogP contribution is 2.45. The normalized spacial score (nSPS) is 27.3. The van der Waals surface area contributed by atoms with Gasteiger partial charge in [0.15, 0.2) is 11.9 Å². The summed E-state index contributed by atoms with van der Waals surface area (Å²) in [5, 5.41) is 52.4. The van der Waals surface area contributed by atoms with Crippen LogP contribution in [0.1, 0.15) is 38.7 Å². The second-order valence-corrected chi connectivity index (χ2v) is 8.90. The number of aliphatic hydroxyl groups excluding tert-OH is 4. The summed E-state index contributed by atoms with van der Waals surface area (Å²) in [5.74, 6) is -1.47. The van der Waals surface area contributed by atoms with E-state index in [0.29, 0.717) is 22.1 Å². The number of carboxylic acid groups (broad SMARTS) is 1. The standard InChI is InChI=1S/C26H24O10/c1-10-8-11-6-7-13-18(20(28)12-4-3-5-14(34-2)17(12)19(13)27)16(11)15(9-10)35-26-23(31)21(29)22(30)24(36-26)25(32)33/h3-9,20-24,26,28-31H,1-2H3,(H,32,33)/t20?,21-,22-,23+,24-,26+/m0/s1. The van der Waals surface area contributed by atoms with Crippen LogP contribution in [0.15, 0.2) is 42.5 Å². The topological polar surface area (TPSA) is 163 Å². The number of fused-ring (bicyclic) bond motifs is 4. The molecular formula is C26H24O10. The molecule has 5 rings (SSSR count). The number of benzene rings is 3. The van der Waals surface area contributed by atoms with Crippen molar-refractivity contribution in [1.29, 1.82) is 0 Å². The van der Waals surface area contributed by atoms with E-state index in [1.807, 2.05) is 6.07 Å². The molecule has 0 bridgehead atoms. The molecule has 36 heavy (non-hydrogen) atoms. The molecule has 6 atom stereocenters. The number of carboxylic acids is 1. The van der Waals surface area contributed by atoms with Crippen LogP contribution in [-0.2, 0) is 9.53 Å². The summed E-state index contributed by atoms with van der Waals surface area (Å²) in [6, 6.07) is 11.6. The van der Waals surface area contributed by atoms with E-state index < -0.39 is 42.8 Å². The zero-order valence-electron chi connectivity index (χ0n) is 19.3. The first-order valence-corrected chi connectivity index (χ1v) is 11.2. The van der Waals surface area contributed by atoms with Gasteiger partial charge in [0.05, 0.1) is 12.7 Å². The van der Waals surface area contributed by atoms with E-state index in [-0.39, 0.29) is 28.2 Å². The van der Waals surface area contributed by atoms with Crippen LogP contribution in [0.2, 0.25) is 0 Å². The predicted molar refractivity (Wildman–Crippen MR) is 124 cm³/mol. The lowest BCUT2D eigenvalue weighted by Gasteiger charge is -2.38. The molecule has 0 spiro atoms. The number of carbonyl (C=O) groups excluding carboxylic acids is 1. The molecule has 188 valence electrons. The van der Waals surface area contributed by atoms with Crippen molar-refractivity contribution < 1.29 is 49.3 Å². The Labute approximate surface area is 204 Å². The van der Waals surface area contributed by atoms with Gasteiger partial charge in [-0.25, -0.2) is 4.79 Å². The zero-order valence-corrected chi connectivity index (χ0v) is 19.3. The molecule has 5 N–H and O–H groups in total. The van der Waals surface area contributed by atoms with E-state index in [1.165, 1.54) is 7.11 Å². The van der Waals surface area contributed by atoms with Crippen LogP contribution in [0.4, 0.5) is 0 Å². The van der Waals surface area contributed by atoms with Gasteiger partial charge in [-0.15, -0.1) is 0 Å². The Kier molecular flexibility index (Phi) is 5.93. The number of ketones is 1. The second-order valence-electron chi connectivity index (χ2n) is 8.90. The van der Waals surface area contributed by atoms with Crippen LogP contribution in [0.3, 0.4) is 0 Å². The summed E-state index contributed by atoms with van der Waals surface area (Å²) in [6.45, 7) is 1.78. The number of hydrogen-bond acceptors (Lipinski definition) is 9. The van der Waals surface area contributed by atoms with Crippen LogP contribution in [-0.4, -0.2) is 75.1 Å². The van der Waals surface area contributed by atoms with Gasteiger partial charge in [0.2, 0.25) is 6.29 Å². The molecule has 1 unspecified atom stereocenters. The minimum absolute atomic E-state index is 0.0943. The maximum absolute atomic E-state index is 13.5. The SMILES string of the molecule is COc1cccc2c1C(=O)c1ccc3cc(C)cc(O[C@@H]4O[C@H](C(=O)O)[C@@H](O)[C@H](O)[C@H]4O)c3c1C2O. The van der Waals surface area contributed by atoms with Crippen LogP contribution in [0, 0.1) is 6.92 Å². The van der Waals surface area contributed by atoms with E-state index in [9.17, 15) is 35.1 Å². The van der Waals surface area contributed by atoms with Crippen LogP contribution in [0.5, 0.6) is 11.5 Å². The summed E-state index contributed by atoms with van der Waals surface area (Å²) in [4.78, 5) is 25.0. The Balaban J connectivity index is 1.66. The number of ether oxygens (including phenoxy) is 3. The van der Waals surface area contributed by atoms with Gasteiger partial charge in [0.25, 0.3) is 0 Å². The lowest BCUT2D eigenvalue weighted by Crippen LogP contribution is -2.61. The number of aryl methyl sites for hydroxylation is 1. The molecule has 10 heteroatoms. The molecule has 0 amide bonds. The quantitative estimate of drug-likeness (QED) is 0.353. The van der Waals surface area contributed by atoms with Crippen molar-refractivity contribution in [3.63, 3.8) is 0 Å². The average molecular weight is 496 g/mol. The fraction of sp³-hybridized carbons (Fsp3) is 0.308. The molecule has 1 fully saturated rings. The molecule has 1 aliphatic heterocycles. The molecule has 1 heterocycles. The van der Waals surface area contributed by atoms with Crippen molar-refractivity contribution in [2.45, 2.75) is 43.7 Å². The highest BCUT2D eigenvalue weighted by Gasteiger charge is 2.48. The van der Waals surface area contributed by atoms with Crippen molar-refractivity contribution in [2.24, 2.45) is 0 Å². The van der Waals surface area contributed by atoms with Crippen LogP contribution < -0.4 is 9.47 Å². The van der Waals surface area contributed by atoms with E-state index in [1.54, 1.807) is 43.3 Å². The molecule has 3 aromatic rings. The summed E-state index contributed by atoms with van der Waals surface area (Å²) >= 11 is 0. The largest absolute Gasteiger partial charge is 0.496 e. The molecule has 0 radical (unpaired) electrons. The Hall–Kier alpha value is -3.54. The maximum atomic E-state index is 13.5. The first-order valence-electron chi connectivity index (χ1n) is 11.2. The van der Waals surface area contributed by atoms with Gasteiger partial charge >= 0.3 is 5.97 Å². The van der Waals surface area contributed by atoms with Crippen molar-refractivity contribution in [3.8, 4) is 11.5 Å². The van der Waals surface area contributed by atoms with Gasteiger partial charge in [-0.3, -0.25) is 4.79 Å². The summed E-state index contributed by atoms with van der Waals surface area (Å²) in [5.41, 5.74) is 1.83. The Morgan fingerprint density at radius 1 is 0.972 bits per heavy atom. The molecular weight excluding hydrogens is 472 g/mol. The third-order valence-corrected chi connectivity index (χ3v) is 6.64. The van der Waals surface area contributed by atoms with E-state index in [4.69, 9.17) is 14.2 Å². The van der Waals surface area contributed by atoms with Crippen molar-refractivity contribution >= 4 is 22.5 Å². The van der Waals surface area contributed by atoms with Gasteiger partial charge in [-0.2, -0.15) is 0 Å². The Morgan fingerprint density at radius 3 is 2.42 bits per heavy atom. The highest BCUT2D eigenvalue weighted by molar-refractivity contribution is 6.17. The summed E-state index contributed by atoms with van der Waals surface area (Å²) < 4.78 is 16.5. The molecule has 2 aliphatic rings. The minimum Gasteiger partial charge on any atom is -0.496 e. The fourth-order valence-electron chi connectivity index (χ4n) is 4.93. The molecule has 10 nitrogen and oxygen atoms in total. The second kappa shape index (κ2) is 8.84. The molecule has 3 aromatic carbocycles. The third kappa shape index (κ3) is 3.62. The third-order valence-electron chi connectivity index (χ3n) is 6.64. The predicted octanol–water partition coefficient (Wildman–Crippen LogP) is 1.05. The minimum atomic E-state index is -1.87.